The molecule has 0 fully saturated rings. The number of para-hydroxylation sites is 1. The van der Waals surface area contributed by atoms with E-state index in [4.69, 9.17) is 19.2 Å². The average molecular weight is 695 g/mol. The highest BCUT2D eigenvalue weighted by Gasteiger charge is 2.45. The molecule has 2 aliphatic heterocycles. The highest BCUT2D eigenvalue weighted by molar-refractivity contribution is 6.01. The van der Waals surface area contributed by atoms with Gasteiger partial charge in [-0.15, -0.1) is 0 Å². The van der Waals surface area contributed by atoms with Crippen LogP contribution >= 0.6 is 0 Å². The normalized spacial score (nSPS) is 16.5. The zero-order valence-corrected chi connectivity index (χ0v) is 30.5. The van der Waals surface area contributed by atoms with Gasteiger partial charge in [0.25, 0.3) is 5.56 Å². The fraction of sp³-hybridized carbons (Fsp3) is 0.463. The van der Waals surface area contributed by atoms with Crippen LogP contribution in [0.4, 0.5) is 0 Å². The Bertz CT molecular complexity index is 2000. The minimum absolute atomic E-state index is 0.103. The number of hydrogen-bond acceptors (Lipinski definition) is 9. The van der Waals surface area contributed by atoms with E-state index >= 15 is 0 Å². The Morgan fingerprint density at radius 2 is 1.84 bits per heavy atom. The molecule has 0 amide bonds. The Hall–Kier alpha value is -4.70. The number of aromatic nitrogens is 2. The highest BCUT2D eigenvalue weighted by atomic mass is 16.6. The van der Waals surface area contributed by atoms with Gasteiger partial charge in [-0.1, -0.05) is 65.5 Å². The summed E-state index contributed by atoms with van der Waals surface area (Å²) in [5.41, 5.74) is 7.62. The van der Waals surface area contributed by atoms with E-state index in [0.717, 1.165) is 63.6 Å². The van der Waals surface area contributed by atoms with Crippen LogP contribution in [0.5, 0.6) is 11.5 Å². The van der Waals surface area contributed by atoms with Gasteiger partial charge in [0.1, 0.15) is 24.7 Å². The molecule has 4 heterocycles. The van der Waals surface area contributed by atoms with Gasteiger partial charge in [-0.25, -0.2) is 9.78 Å². The fourth-order valence-corrected chi connectivity index (χ4v) is 7.17. The Balaban J connectivity index is 1.10. The van der Waals surface area contributed by atoms with Crippen LogP contribution in [-0.4, -0.2) is 46.1 Å². The molecule has 0 spiro atoms. The van der Waals surface area contributed by atoms with E-state index in [-0.39, 0.29) is 18.6 Å². The Labute approximate surface area is 299 Å². The van der Waals surface area contributed by atoms with Crippen molar-refractivity contribution >= 4 is 22.6 Å². The predicted octanol–water partition coefficient (Wildman–Crippen LogP) is 7.02. The van der Waals surface area contributed by atoms with Crippen molar-refractivity contribution < 1.29 is 24.1 Å². The van der Waals surface area contributed by atoms with Crippen LogP contribution in [0.2, 0.25) is 0 Å². The fourth-order valence-electron chi connectivity index (χ4n) is 7.17. The minimum atomic E-state index is -1.86. The topological polar surface area (TPSA) is 124 Å². The van der Waals surface area contributed by atoms with E-state index in [2.05, 4.69) is 31.3 Å². The first kappa shape index (κ1) is 36.1. The summed E-state index contributed by atoms with van der Waals surface area (Å²) in [6, 6.07) is 15.6. The number of rotatable bonds is 16. The number of fused-ring (bicyclic) bond motifs is 5. The van der Waals surface area contributed by atoms with E-state index in [9.17, 15) is 14.7 Å². The Kier molecular flexibility index (Phi) is 11.1. The first-order valence-electron chi connectivity index (χ1n) is 18.4. The number of nitrogens with one attached hydrogen (secondary N) is 1. The first-order chi connectivity index (χ1) is 24.7. The van der Waals surface area contributed by atoms with Crippen LogP contribution in [0.15, 0.2) is 58.4 Å². The van der Waals surface area contributed by atoms with Gasteiger partial charge in [-0.3, -0.25) is 4.79 Å². The van der Waals surface area contributed by atoms with Gasteiger partial charge in [0, 0.05) is 22.1 Å². The van der Waals surface area contributed by atoms with Gasteiger partial charge in [0.15, 0.2) is 5.60 Å². The summed E-state index contributed by atoms with van der Waals surface area (Å²) in [7, 11) is 0. The van der Waals surface area contributed by atoms with Crippen molar-refractivity contribution in [3.63, 3.8) is 0 Å². The number of hydrazone groups is 1. The quantitative estimate of drug-likeness (QED) is 0.0489. The lowest BCUT2D eigenvalue weighted by atomic mass is 9.86. The zero-order chi connectivity index (χ0) is 36.1. The number of ether oxygens (including phenoxy) is 3. The molecule has 6 rings (SSSR count). The standard InChI is InChI=1S/C41H50N4O6/c1-6-29-31-22-28(49-21-19-42-44-27(5)30-15-11-12-16-37(30)50-20-13-9-8-10-14-26(3)4)17-18-35(31)43-38-32(29)24-45-36(38)23-34-33(39(45)46)25-51-40(47)41(34,48)7-2/h11-12,15-18,22-23,26,42,48H,6-10,13-14,19-21,24-25H2,1-5H3/b44-27+/t41-/m0/s1. The number of aryl methyl sites for hydroxylation is 1. The monoisotopic (exact) mass is 694 g/mol. The lowest BCUT2D eigenvalue weighted by Crippen LogP contribution is -2.44. The molecule has 0 saturated carbocycles. The van der Waals surface area contributed by atoms with E-state index in [0.29, 0.717) is 48.8 Å². The largest absolute Gasteiger partial charge is 0.493 e. The summed E-state index contributed by atoms with van der Waals surface area (Å²) >= 11 is 0. The number of benzene rings is 2. The number of esters is 1. The van der Waals surface area contributed by atoms with Crippen molar-refractivity contribution in [3.8, 4) is 22.9 Å². The maximum atomic E-state index is 13.6. The molecule has 0 bridgehead atoms. The maximum Gasteiger partial charge on any atom is 0.343 e. The summed E-state index contributed by atoms with van der Waals surface area (Å²) in [6.07, 6.45) is 6.88. The molecule has 0 saturated heterocycles. The van der Waals surface area contributed by atoms with Gasteiger partial charge in [0.05, 0.1) is 47.9 Å². The zero-order valence-electron chi connectivity index (χ0n) is 30.5. The Morgan fingerprint density at radius 1 is 1.04 bits per heavy atom. The van der Waals surface area contributed by atoms with Gasteiger partial charge in [-0.05, 0) is 74.1 Å². The number of hydrogen-bond donors (Lipinski definition) is 2. The van der Waals surface area contributed by atoms with Gasteiger partial charge in [0.2, 0.25) is 0 Å². The summed E-state index contributed by atoms with van der Waals surface area (Å²) in [5, 5.41) is 16.8. The summed E-state index contributed by atoms with van der Waals surface area (Å²) in [4.78, 5) is 31.2. The molecule has 2 N–H and O–H groups in total. The number of unbranched alkanes of at least 4 members (excludes halogenated alkanes) is 3. The van der Waals surface area contributed by atoms with Crippen molar-refractivity contribution in [2.24, 2.45) is 11.0 Å². The van der Waals surface area contributed by atoms with E-state index in [1.165, 1.54) is 25.7 Å². The number of aliphatic hydroxyl groups is 1. The molecule has 2 aromatic heterocycles. The van der Waals surface area contributed by atoms with Gasteiger partial charge in [-0.2, -0.15) is 5.10 Å². The minimum Gasteiger partial charge on any atom is -0.493 e. The third-order valence-corrected chi connectivity index (χ3v) is 10.1. The molecule has 0 radical (unpaired) electrons. The molecular weight excluding hydrogens is 644 g/mol. The van der Waals surface area contributed by atoms with E-state index in [1.807, 2.05) is 49.4 Å². The van der Waals surface area contributed by atoms with Crippen molar-refractivity contribution in [2.75, 3.05) is 19.8 Å². The summed E-state index contributed by atoms with van der Waals surface area (Å²) < 4.78 is 19.2. The van der Waals surface area contributed by atoms with Gasteiger partial charge >= 0.3 is 5.97 Å². The molecule has 10 heteroatoms. The molecule has 10 nitrogen and oxygen atoms in total. The van der Waals surface area contributed by atoms with E-state index in [1.54, 1.807) is 17.6 Å². The Morgan fingerprint density at radius 3 is 2.63 bits per heavy atom. The predicted molar refractivity (Wildman–Crippen MR) is 199 cm³/mol. The second-order valence-electron chi connectivity index (χ2n) is 13.9. The lowest BCUT2D eigenvalue weighted by Gasteiger charge is -2.31. The SMILES string of the molecule is CCc1c2c(nc3ccc(OCCN/N=C(\C)c4ccccc4OCCCCCCC(C)C)cc13)-c1cc3c(c(=O)n1C2)COC(=O)[C@]3(O)CC. The molecule has 0 aliphatic carbocycles. The second-order valence-corrected chi connectivity index (χ2v) is 13.9. The maximum absolute atomic E-state index is 13.6. The van der Waals surface area contributed by atoms with Crippen molar-refractivity contribution in [2.45, 2.75) is 98.3 Å². The van der Waals surface area contributed by atoms with E-state index < -0.39 is 11.6 Å². The molecule has 0 unspecified atom stereocenters. The summed E-state index contributed by atoms with van der Waals surface area (Å²) in [6.45, 7) is 12.1. The smallest absolute Gasteiger partial charge is 0.343 e. The third-order valence-electron chi connectivity index (χ3n) is 10.1. The number of nitrogens with zero attached hydrogens (tertiary/aromatic N) is 3. The van der Waals surface area contributed by atoms with Crippen molar-refractivity contribution in [1.82, 2.24) is 15.0 Å². The van der Waals surface area contributed by atoms with Crippen LogP contribution < -0.4 is 20.5 Å². The number of pyridine rings is 2. The van der Waals surface area contributed by atoms with Crippen LogP contribution in [0, 0.1) is 5.92 Å². The van der Waals surface area contributed by atoms with Crippen LogP contribution in [0.25, 0.3) is 22.3 Å². The summed E-state index contributed by atoms with van der Waals surface area (Å²) in [5.74, 6) is 1.61. The van der Waals surface area contributed by atoms with Crippen LogP contribution in [0.1, 0.15) is 101 Å². The molecule has 2 aliphatic rings. The number of carbonyl (C=O) groups is 1. The third kappa shape index (κ3) is 7.38. The molecule has 51 heavy (non-hydrogen) atoms. The van der Waals surface area contributed by atoms with Gasteiger partial charge < -0.3 is 29.3 Å². The van der Waals surface area contributed by atoms with Crippen molar-refractivity contribution in [3.05, 3.63) is 86.7 Å². The molecule has 2 aromatic carbocycles. The second kappa shape index (κ2) is 15.7. The van der Waals surface area contributed by atoms with Crippen LogP contribution in [0.3, 0.4) is 0 Å². The molecule has 4 aromatic rings. The lowest BCUT2D eigenvalue weighted by molar-refractivity contribution is -0.172. The average Bonchev–Trinajstić information content (AvgIpc) is 3.50. The van der Waals surface area contributed by atoms with Crippen LogP contribution in [-0.2, 0) is 34.7 Å². The molecular formula is C41H50N4O6. The molecule has 1 atom stereocenters. The number of carbonyl (C=O) groups excluding carboxylic acids is 1. The highest BCUT2D eigenvalue weighted by Crippen LogP contribution is 2.40. The molecule has 270 valence electrons. The number of cyclic esters (lactones) is 1. The van der Waals surface area contributed by atoms with Crippen molar-refractivity contribution in [1.29, 1.82) is 0 Å². The first-order valence-corrected chi connectivity index (χ1v) is 18.4.